The fraction of sp³-hybridized carbons (Fsp3) is 0.111. The van der Waals surface area contributed by atoms with Crippen molar-refractivity contribution in [3.05, 3.63) is 99.2 Å². The molecule has 0 aliphatic carbocycles. The summed E-state index contributed by atoms with van der Waals surface area (Å²) in [5.41, 5.74) is 4.76. The summed E-state index contributed by atoms with van der Waals surface area (Å²) >= 11 is 0. The van der Waals surface area contributed by atoms with E-state index in [0.29, 0.717) is 11.5 Å². The molecule has 2 aromatic carbocycles. The van der Waals surface area contributed by atoms with E-state index >= 15 is 0 Å². The van der Waals surface area contributed by atoms with Crippen molar-refractivity contribution in [3.8, 4) is 45.7 Å². The number of hydrogen-bond donors (Lipinski definition) is 0. The van der Waals surface area contributed by atoms with Crippen LogP contribution in [0.3, 0.4) is 0 Å². The molecule has 8 aromatic heterocycles. The van der Waals surface area contributed by atoms with Gasteiger partial charge in [0.1, 0.15) is 11.6 Å². The molecule has 0 saturated carbocycles. The molecular weight excluding hydrogens is 999 g/mol. The molecule has 252 valence electrons. The molecule has 12 nitrogen and oxygen atoms in total. The van der Waals surface area contributed by atoms with Crippen molar-refractivity contribution >= 4 is 43.5 Å². The number of nitrogens with zero attached hydrogens (tertiary/aromatic N) is 8. The summed E-state index contributed by atoms with van der Waals surface area (Å²) in [5.74, 6) is 3.02. The maximum atomic E-state index is 5.72. The van der Waals surface area contributed by atoms with Crippen molar-refractivity contribution in [2.75, 3.05) is 0 Å². The topological polar surface area (TPSA) is 124 Å². The summed E-state index contributed by atoms with van der Waals surface area (Å²) in [7, 11) is 7.65. The summed E-state index contributed by atoms with van der Waals surface area (Å²) in [4.78, 5) is 17.3. The second kappa shape index (κ2) is 12.9. The van der Waals surface area contributed by atoms with Gasteiger partial charge in [-0.25, -0.2) is 9.97 Å². The van der Waals surface area contributed by atoms with Crippen LogP contribution in [0.2, 0.25) is 0 Å². The van der Waals surface area contributed by atoms with Crippen LogP contribution in [0.25, 0.3) is 89.2 Å². The summed E-state index contributed by atoms with van der Waals surface area (Å²) in [5, 5.41) is 5.32. The molecule has 14 heteroatoms. The Kier molecular flexibility index (Phi) is 8.62. The quantitative estimate of drug-likeness (QED) is 0.171. The smallest absolute Gasteiger partial charge is 0.518 e. The van der Waals surface area contributed by atoms with Gasteiger partial charge in [0.25, 0.3) is 0 Å². The third kappa shape index (κ3) is 5.49. The van der Waals surface area contributed by atoms with Gasteiger partial charge < -0.3 is 45.9 Å². The number of aromatic nitrogens is 8. The van der Waals surface area contributed by atoms with Gasteiger partial charge in [0.15, 0.2) is 0 Å². The van der Waals surface area contributed by atoms with Crippen LogP contribution in [0.5, 0.6) is 0 Å². The van der Waals surface area contributed by atoms with Crippen LogP contribution in [0.4, 0.5) is 0 Å². The molecule has 10 rings (SSSR count). The maximum absolute atomic E-state index is 5.72. The van der Waals surface area contributed by atoms with Gasteiger partial charge >= 0.3 is 42.1 Å². The van der Waals surface area contributed by atoms with E-state index < -0.39 is 0 Å². The average molecular weight is 1020 g/mol. The minimum atomic E-state index is 0. The van der Waals surface area contributed by atoms with E-state index in [1.54, 1.807) is 46.6 Å². The zero-order valence-electron chi connectivity index (χ0n) is 26.8. The van der Waals surface area contributed by atoms with Crippen molar-refractivity contribution in [2.45, 2.75) is 0 Å². The number of furan rings is 4. The van der Waals surface area contributed by atoms with Crippen LogP contribution >= 0.6 is 0 Å². The number of fused-ring (bicyclic) bond motifs is 4. The fourth-order valence-corrected chi connectivity index (χ4v) is 5.88. The van der Waals surface area contributed by atoms with Crippen molar-refractivity contribution < 1.29 is 59.8 Å². The molecule has 0 amide bonds. The summed E-state index contributed by atoms with van der Waals surface area (Å²) in [6.07, 6.45) is 23.6. The monoisotopic (exact) mass is 1020 g/mol. The first kappa shape index (κ1) is 33.3. The average Bonchev–Trinajstić information content (AvgIpc) is 3.91. The molecule has 0 aliphatic rings. The third-order valence-corrected chi connectivity index (χ3v) is 8.23. The normalized spacial score (nSPS) is 11.3. The molecule has 0 N–H and O–H groups in total. The first-order chi connectivity index (χ1) is 23.4. The zero-order valence-corrected chi connectivity index (χ0v) is 31.3. The van der Waals surface area contributed by atoms with Gasteiger partial charge in [0, 0.05) is 63.1 Å². The maximum Gasteiger partial charge on any atom is 2.00 e. The summed E-state index contributed by atoms with van der Waals surface area (Å²) in [6, 6.07) is 10.8. The van der Waals surface area contributed by atoms with Gasteiger partial charge in [-0.3, -0.25) is 0 Å². The van der Waals surface area contributed by atoms with Crippen LogP contribution in [0.15, 0.2) is 92.0 Å². The molecule has 0 radical (unpaired) electrons. The second-order valence-corrected chi connectivity index (χ2v) is 11.5. The van der Waals surface area contributed by atoms with Gasteiger partial charge in [-0.2, -0.15) is 0 Å². The number of hydrogen-bond acceptors (Lipinski definition) is 8. The molecule has 0 saturated heterocycles. The Bertz CT molecular complexity index is 2580. The zero-order chi connectivity index (χ0) is 32.5. The van der Waals surface area contributed by atoms with E-state index in [9.17, 15) is 0 Å². The van der Waals surface area contributed by atoms with Crippen molar-refractivity contribution in [1.29, 1.82) is 0 Å². The van der Waals surface area contributed by atoms with Crippen molar-refractivity contribution in [2.24, 2.45) is 28.2 Å². The first-order valence-corrected chi connectivity index (χ1v) is 14.9. The molecule has 0 atom stereocenters. The Hall–Kier alpha value is -5.18. The van der Waals surface area contributed by atoms with Gasteiger partial charge in [-0.1, -0.05) is 55.8 Å². The first-order valence-electron chi connectivity index (χ1n) is 14.9. The molecule has 10 aromatic rings. The molecule has 0 spiro atoms. The summed E-state index contributed by atoms with van der Waals surface area (Å²) < 4.78 is 30.3. The standard InChI is InChI=1S/2C18H12N4O2.2Pt/c2*1-21-7-15(20-10-21)17-12-6-13-14(18-19-3-4-22(18)2)9-23-16(13)5-11(12)8-24-17;;/h2*3-5,7-9H,1-2H3;;/q2*-2;2*+2. The minimum absolute atomic E-state index is 0. The van der Waals surface area contributed by atoms with E-state index in [2.05, 4.69) is 44.7 Å². The summed E-state index contributed by atoms with van der Waals surface area (Å²) in [6.45, 7) is 0. The Labute approximate surface area is 312 Å². The molecule has 0 unspecified atom stereocenters. The Morgan fingerprint density at radius 3 is 1.36 bits per heavy atom. The third-order valence-electron chi connectivity index (χ3n) is 8.23. The van der Waals surface area contributed by atoms with E-state index in [1.807, 2.05) is 74.2 Å². The minimum Gasteiger partial charge on any atom is -0.518 e. The van der Waals surface area contributed by atoms with Gasteiger partial charge in [0.05, 0.1) is 36.2 Å². The number of benzene rings is 2. The Morgan fingerprint density at radius 1 is 0.560 bits per heavy atom. The Morgan fingerprint density at radius 2 is 1.00 bits per heavy atom. The SMILES string of the molecule is Cn1[c-]nc(-c2occ3cc4occ(-c5nccn5C)c4[c-]c23)c1.Cn1[c-]nc(-c2occ3cc4occ(-c5nccn5C)c4[c-]c23)c1.[Pt+2].[Pt+2]. The van der Waals surface area contributed by atoms with Crippen LogP contribution in [0, 0.1) is 24.8 Å². The van der Waals surface area contributed by atoms with E-state index in [0.717, 1.165) is 77.6 Å². The molecular formula is C36H24N8O4Pt2. The number of imidazole rings is 4. The van der Waals surface area contributed by atoms with Crippen LogP contribution in [-0.4, -0.2) is 38.2 Å². The van der Waals surface area contributed by atoms with Crippen LogP contribution < -0.4 is 0 Å². The van der Waals surface area contributed by atoms with E-state index in [1.165, 1.54) is 0 Å². The molecule has 50 heavy (non-hydrogen) atoms. The van der Waals surface area contributed by atoms with E-state index in [4.69, 9.17) is 17.7 Å². The fourth-order valence-electron chi connectivity index (χ4n) is 5.88. The predicted octanol–water partition coefficient (Wildman–Crippen LogP) is 7.16. The van der Waals surface area contributed by atoms with Gasteiger partial charge in [-0.15, -0.1) is 24.5 Å². The van der Waals surface area contributed by atoms with Gasteiger partial charge in [-0.05, 0) is 25.2 Å². The molecule has 0 bridgehead atoms. The van der Waals surface area contributed by atoms with Crippen molar-refractivity contribution in [3.63, 3.8) is 0 Å². The molecule has 8 heterocycles. The molecule has 0 fully saturated rings. The van der Waals surface area contributed by atoms with Gasteiger partial charge in [0.2, 0.25) is 0 Å². The largest absolute Gasteiger partial charge is 2.00 e. The molecule has 0 aliphatic heterocycles. The number of aryl methyl sites for hydroxylation is 4. The van der Waals surface area contributed by atoms with E-state index in [-0.39, 0.29) is 42.1 Å². The van der Waals surface area contributed by atoms with Crippen molar-refractivity contribution in [1.82, 2.24) is 38.2 Å². The second-order valence-electron chi connectivity index (χ2n) is 11.5. The predicted molar refractivity (Wildman–Crippen MR) is 176 cm³/mol. The van der Waals surface area contributed by atoms with Crippen LogP contribution in [-0.2, 0) is 70.3 Å². The number of rotatable bonds is 4. The van der Waals surface area contributed by atoms with Crippen LogP contribution in [0.1, 0.15) is 0 Å². The Balaban J connectivity index is 0.000000151.